The molecule has 0 amide bonds. The van der Waals surface area contributed by atoms with Crippen molar-refractivity contribution in [2.45, 2.75) is 38.2 Å². The lowest BCUT2D eigenvalue weighted by Gasteiger charge is -2.31. The Morgan fingerprint density at radius 2 is 2.43 bits per heavy atom. The fourth-order valence-electron chi connectivity index (χ4n) is 2.81. The Morgan fingerprint density at radius 1 is 1.70 bits per heavy atom. The molecule has 0 saturated carbocycles. The Balaban J connectivity index is 2.17. The van der Waals surface area contributed by atoms with Crippen LogP contribution in [0.25, 0.3) is 10.3 Å². The van der Waals surface area contributed by atoms with E-state index in [0.717, 1.165) is 11.3 Å². The third-order valence-electron chi connectivity index (χ3n) is 3.78. The molecule has 3 N–H and O–H groups in total. The zero-order chi connectivity index (χ0) is 16.8. The van der Waals surface area contributed by atoms with E-state index in [0.29, 0.717) is 10.3 Å². The fraction of sp³-hybridized carbons (Fsp3) is 0.538. The lowest BCUT2D eigenvalue weighted by atomic mass is 10.1. The molecule has 2 aromatic heterocycles. The van der Waals surface area contributed by atoms with Crippen molar-refractivity contribution in [1.29, 1.82) is 0 Å². The van der Waals surface area contributed by atoms with Gasteiger partial charge in [-0.15, -0.1) is 0 Å². The quantitative estimate of drug-likeness (QED) is 0.736. The maximum Gasteiger partial charge on any atom is 0.311 e. The number of aromatic nitrogens is 3. The van der Waals surface area contributed by atoms with Crippen molar-refractivity contribution in [2.75, 3.05) is 12.3 Å². The molecule has 0 aliphatic carbocycles. The number of ether oxygens (including phenoxy) is 2. The van der Waals surface area contributed by atoms with Gasteiger partial charge in [-0.1, -0.05) is 11.3 Å². The Labute approximate surface area is 134 Å². The van der Waals surface area contributed by atoms with Crippen molar-refractivity contribution in [2.24, 2.45) is 0 Å². The van der Waals surface area contributed by atoms with E-state index in [1.54, 1.807) is 6.92 Å². The summed E-state index contributed by atoms with van der Waals surface area (Å²) in [5.41, 5.74) is 4.64. The molecule has 1 aliphatic heterocycles. The molecule has 3 atom stereocenters. The number of nitrogens with zero attached hydrogens (tertiary/aromatic N) is 3. The molecule has 9 nitrogen and oxygen atoms in total. The zero-order valence-corrected chi connectivity index (χ0v) is 13.4. The molecule has 124 valence electrons. The minimum Gasteiger partial charge on any atom is -0.457 e. The number of nitrogen functional groups attached to an aromatic ring is 1. The number of carbonyl (C=O) groups is 1. The summed E-state index contributed by atoms with van der Waals surface area (Å²) < 4.78 is 13.0. The molecule has 0 aromatic carbocycles. The number of nitrogens with two attached hydrogens (primary N) is 1. The van der Waals surface area contributed by atoms with Gasteiger partial charge < -0.3 is 20.3 Å². The average molecular weight is 340 g/mol. The SMILES string of the molecule is CC(=O)O[C@@H]1C[C@@H](CO)O[C@@]1(C)n1c(=O)sc2cnc(N)nc21. The van der Waals surface area contributed by atoms with Gasteiger partial charge in [0.15, 0.2) is 17.5 Å². The molecule has 1 saturated heterocycles. The standard InChI is InChI=1S/C13H16N4O5S/c1-6(19)21-9-3-7(5-18)22-13(9,2)17-10-8(23-12(17)20)4-15-11(14)16-10/h4,7,9,18H,3,5H2,1-2H3,(H2,14,15,16)/t7-,9+,13+/m0/s1. The second-order valence-corrected chi connectivity index (χ2v) is 6.42. The summed E-state index contributed by atoms with van der Waals surface area (Å²) in [4.78, 5) is 31.5. The maximum absolute atomic E-state index is 12.5. The molecule has 1 fully saturated rings. The Hall–Kier alpha value is -2.04. The van der Waals surface area contributed by atoms with Crippen LogP contribution in [0.1, 0.15) is 20.3 Å². The number of thiazole rings is 1. The lowest BCUT2D eigenvalue weighted by Crippen LogP contribution is -2.46. The first-order valence-electron chi connectivity index (χ1n) is 6.95. The first kappa shape index (κ1) is 15.8. The van der Waals surface area contributed by atoms with Gasteiger partial charge in [-0.25, -0.2) is 9.55 Å². The molecular formula is C13H16N4O5S. The van der Waals surface area contributed by atoms with E-state index in [9.17, 15) is 14.7 Å². The maximum atomic E-state index is 12.5. The number of aliphatic hydroxyl groups excluding tert-OH is 1. The van der Waals surface area contributed by atoms with Gasteiger partial charge in [-0.2, -0.15) is 4.98 Å². The zero-order valence-electron chi connectivity index (χ0n) is 12.6. The molecule has 1 aliphatic rings. The topological polar surface area (TPSA) is 130 Å². The van der Waals surface area contributed by atoms with Crippen LogP contribution >= 0.6 is 11.3 Å². The van der Waals surface area contributed by atoms with Gasteiger partial charge in [-0.3, -0.25) is 9.59 Å². The van der Waals surface area contributed by atoms with Crippen LogP contribution in [-0.2, 0) is 20.0 Å². The van der Waals surface area contributed by atoms with E-state index in [1.165, 1.54) is 17.7 Å². The Morgan fingerprint density at radius 3 is 3.09 bits per heavy atom. The van der Waals surface area contributed by atoms with E-state index >= 15 is 0 Å². The number of anilines is 1. The van der Waals surface area contributed by atoms with E-state index in [-0.39, 0.29) is 23.8 Å². The molecule has 0 radical (unpaired) electrons. The number of carbonyl (C=O) groups excluding carboxylic acids is 1. The summed E-state index contributed by atoms with van der Waals surface area (Å²) >= 11 is 0.946. The highest BCUT2D eigenvalue weighted by Crippen LogP contribution is 2.38. The van der Waals surface area contributed by atoms with E-state index in [1.807, 2.05) is 0 Å². The van der Waals surface area contributed by atoms with Crippen molar-refractivity contribution in [3.63, 3.8) is 0 Å². The number of hydrogen-bond donors (Lipinski definition) is 2. The fourth-order valence-corrected chi connectivity index (χ4v) is 3.69. The van der Waals surface area contributed by atoms with Crippen molar-refractivity contribution >= 4 is 33.6 Å². The van der Waals surface area contributed by atoms with Crippen molar-refractivity contribution in [3.8, 4) is 0 Å². The molecule has 3 heterocycles. The molecule has 0 bridgehead atoms. The predicted molar refractivity (Wildman–Crippen MR) is 81.9 cm³/mol. The van der Waals surface area contributed by atoms with Gasteiger partial charge in [0.2, 0.25) is 5.95 Å². The molecule has 2 aromatic rings. The minimum atomic E-state index is -1.28. The highest BCUT2D eigenvalue weighted by molar-refractivity contribution is 7.16. The van der Waals surface area contributed by atoms with E-state index < -0.39 is 23.9 Å². The van der Waals surface area contributed by atoms with Crippen LogP contribution < -0.4 is 10.6 Å². The molecule has 3 rings (SSSR count). The van der Waals surface area contributed by atoms with Crippen LogP contribution in [0.4, 0.5) is 5.95 Å². The second-order valence-electron chi connectivity index (χ2n) is 5.43. The first-order valence-corrected chi connectivity index (χ1v) is 7.77. The third kappa shape index (κ3) is 2.58. The van der Waals surface area contributed by atoms with Crippen molar-refractivity contribution in [1.82, 2.24) is 14.5 Å². The van der Waals surface area contributed by atoms with Crippen LogP contribution in [0.5, 0.6) is 0 Å². The van der Waals surface area contributed by atoms with Crippen molar-refractivity contribution < 1.29 is 19.4 Å². The predicted octanol–water partition coefficient (Wildman–Crippen LogP) is -0.179. The number of rotatable bonds is 3. The summed E-state index contributed by atoms with van der Waals surface area (Å²) in [6.45, 7) is 2.66. The van der Waals surface area contributed by atoms with E-state index in [4.69, 9.17) is 15.2 Å². The van der Waals surface area contributed by atoms with E-state index in [2.05, 4.69) is 9.97 Å². The smallest absolute Gasteiger partial charge is 0.311 e. The van der Waals surface area contributed by atoms with Gasteiger partial charge in [0.25, 0.3) is 0 Å². The molecule has 0 spiro atoms. The Bertz CT molecular complexity index is 818. The highest BCUT2D eigenvalue weighted by atomic mass is 32.1. The summed E-state index contributed by atoms with van der Waals surface area (Å²) in [5, 5.41) is 9.38. The van der Waals surface area contributed by atoms with Crippen molar-refractivity contribution in [3.05, 3.63) is 15.9 Å². The first-order chi connectivity index (χ1) is 10.8. The number of esters is 1. The van der Waals surface area contributed by atoms with Gasteiger partial charge in [0, 0.05) is 13.3 Å². The van der Waals surface area contributed by atoms with Gasteiger partial charge in [-0.05, 0) is 6.92 Å². The molecule has 0 unspecified atom stereocenters. The van der Waals surface area contributed by atoms with Crippen LogP contribution in [-0.4, -0.2) is 44.4 Å². The number of hydrogen-bond acceptors (Lipinski definition) is 9. The largest absolute Gasteiger partial charge is 0.457 e. The number of aliphatic hydroxyl groups is 1. The average Bonchev–Trinajstić information content (AvgIpc) is 2.96. The lowest BCUT2D eigenvalue weighted by molar-refractivity contribution is -0.170. The summed E-state index contributed by atoms with van der Waals surface area (Å²) in [6, 6.07) is 0. The van der Waals surface area contributed by atoms with Crippen LogP contribution in [0, 0.1) is 0 Å². The third-order valence-corrected chi connectivity index (χ3v) is 4.65. The van der Waals surface area contributed by atoms with Crippen LogP contribution in [0.3, 0.4) is 0 Å². The molecule has 23 heavy (non-hydrogen) atoms. The van der Waals surface area contributed by atoms with Gasteiger partial charge >= 0.3 is 10.8 Å². The number of fused-ring (bicyclic) bond motifs is 1. The monoisotopic (exact) mass is 340 g/mol. The summed E-state index contributed by atoms with van der Waals surface area (Å²) in [6.07, 6.45) is 0.453. The van der Waals surface area contributed by atoms with Crippen LogP contribution in [0.2, 0.25) is 0 Å². The Kier molecular flexibility index (Phi) is 3.82. The minimum absolute atomic E-state index is 0.0217. The van der Waals surface area contributed by atoms with Gasteiger partial charge in [0.1, 0.15) is 0 Å². The molecular weight excluding hydrogens is 324 g/mol. The second kappa shape index (κ2) is 5.55. The normalized spacial score (nSPS) is 27.4. The highest BCUT2D eigenvalue weighted by Gasteiger charge is 2.50. The summed E-state index contributed by atoms with van der Waals surface area (Å²) in [5.74, 6) is -0.474. The summed E-state index contributed by atoms with van der Waals surface area (Å²) in [7, 11) is 0. The molecule has 10 heteroatoms. The van der Waals surface area contributed by atoms with Gasteiger partial charge in [0.05, 0.1) is 23.6 Å². The van der Waals surface area contributed by atoms with Crippen LogP contribution in [0.15, 0.2) is 11.0 Å².